The number of amides is 1. The Morgan fingerprint density at radius 2 is 1.50 bits per heavy atom. The summed E-state index contributed by atoms with van der Waals surface area (Å²) in [5.74, 6) is -0.691. The van der Waals surface area contributed by atoms with Crippen LogP contribution in [0.25, 0.3) is 0 Å². The molecule has 5 rings (SSSR count). The van der Waals surface area contributed by atoms with E-state index in [1.54, 1.807) is 29.2 Å². The van der Waals surface area contributed by atoms with Crippen LogP contribution in [0.4, 0.5) is 11.4 Å². The third kappa shape index (κ3) is 3.52. The van der Waals surface area contributed by atoms with Crippen molar-refractivity contribution >= 4 is 32.9 Å². The molecule has 34 heavy (non-hydrogen) atoms. The third-order valence-electron chi connectivity index (χ3n) is 6.18. The summed E-state index contributed by atoms with van der Waals surface area (Å²) in [5, 5.41) is 10.8. The zero-order chi connectivity index (χ0) is 24.0. The molecule has 0 aromatic heterocycles. The van der Waals surface area contributed by atoms with Crippen molar-refractivity contribution < 1.29 is 22.9 Å². The number of carbonyl (C=O) groups excluding carboxylic acids is 2. The lowest BCUT2D eigenvalue weighted by Crippen LogP contribution is -2.48. The van der Waals surface area contributed by atoms with Gasteiger partial charge in [0.25, 0.3) is 11.6 Å². The molecule has 0 aliphatic carbocycles. The monoisotopic (exact) mass is 477 g/mol. The molecule has 2 aliphatic heterocycles. The Labute approximate surface area is 195 Å². The highest BCUT2D eigenvalue weighted by atomic mass is 32.2. The molecule has 9 nitrogen and oxygen atoms in total. The van der Waals surface area contributed by atoms with Crippen molar-refractivity contribution in [2.75, 3.05) is 31.1 Å². The fourth-order valence-corrected chi connectivity index (χ4v) is 6.03. The highest BCUT2D eigenvalue weighted by Gasteiger charge is 2.35. The second-order valence-electron chi connectivity index (χ2n) is 8.09. The first-order valence-corrected chi connectivity index (χ1v) is 12.1. The lowest BCUT2D eigenvalue weighted by Gasteiger charge is -2.36. The van der Waals surface area contributed by atoms with E-state index >= 15 is 0 Å². The third-order valence-corrected chi connectivity index (χ3v) is 8.03. The van der Waals surface area contributed by atoms with E-state index in [-0.39, 0.29) is 43.9 Å². The molecular formula is C24H19N3O6S. The summed E-state index contributed by atoms with van der Waals surface area (Å²) in [6.07, 6.45) is 0. The van der Waals surface area contributed by atoms with E-state index in [0.29, 0.717) is 26.2 Å². The first-order chi connectivity index (χ1) is 16.3. The van der Waals surface area contributed by atoms with E-state index in [0.717, 1.165) is 5.69 Å². The summed E-state index contributed by atoms with van der Waals surface area (Å²) in [4.78, 5) is 39.8. The van der Waals surface area contributed by atoms with Gasteiger partial charge < -0.3 is 9.80 Å². The minimum absolute atomic E-state index is 0.0148. The molecule has 1 amide bonds. The smallest absolute Gasteiger partial charge is 0.269 e. The normalized spacial score (nSPS) is 16.5. The van der Waals surface area contributed by atoms with Gasteiger partial charge in [-0.25, -0.2) is 8.42 Å². The summed E-state index contributed by atoms with van der Waals surface area (Å²) in [5.41, 5.74) is 1.25. The molecule has 0 atom stereocenters. The van der Waals surface area contributed by atoms with Crippen LogP contribution in [-0.4, -0.2) is 56.1 Å². The molecular weight excluding hydrogens is 458 g/mol. The topological polar surface area (TPSA) is 118 Å². The van der Waals surface area contributed by atoms with E-state index in [1.165, 1.54) is 42.5 Å². The number of non-ortho nitro benzene ring substituents is 1. The molecule has 2 heterocycles. The average Bonchev–Trinajstić information content (AvgIpc) is 2.87. The van der Waals surface area contributed by atoms with Gasteiger partial charge in [-0.15, -0.1) is 0 Å². The van der Waals surface area contributed by atoms with Gasteiger partial charge in [-0.2, -0.15) is 0 Å². The standard InChI is InChI=1S/C24H19N3O6S/c28-23-19-3-1-2-4-21(19)34(32,33)22-15-16(5-10-20(22)23)24(29)26-13-11-25(12-14-26)17-6-8-18(9-7-17)27(30)31/h1-10,15H,11-14H2. The maximum absolute atomic E-state index is 13.1. The maximum atomic E-state index is 13.1. The van der Waals surface area contributed by atoms with Crippen LogP contribution in [0.2, 0.25) is 0 Å². The van der Waals surface area contributed by atoms with Crippen molar-refractivity contribution in [3.05, 3.63) is 93.5 Å². The van der Waals surface area contributed by atoms with Crippen LogP contribution in [0, 0.1) is 10.1 Å². The van der Waals surface area contributed by atoms with Crippen molar-refractivity contribution in [2.45, 2.75) is 9.79 Å². The van der Waals surface area contributed by atoms with E-state index in [2.05, 4.69) is 0 Å². The summed E-state index contributed by atoms with van der Waals surface area (Å²) >= 11 is 0. The Balaban J connectivity index is 1.35. The highest BCUT2D eigenvalue weighted by molar-refractivity contribution is 7.91. The van der Waals surface area contributed by atoms with Gasteiger partial charge in [-0.3, -0.25) is 19.7 Å². The Hall–Kier alpha value is -4.05. The minimum atomic E-state index is -3.92. The van der Waals surface area contributed by atoms with Crippen molar-refractivity contribution in [3.8, 4) is 0 Å². The Kier molecular flexibility index (Phi) is 5.17. The quantitative estimate of drug-likeness (QED) is 0.329. The Morgan fingerprint density at radius 1 is 0.853 bits per heavy atom. The fraction of sp³-hybridized carbons (Fsp3) is 0.167. The SMILES string of the molecule is O=C1c2ccccc2S(=O)(=O)c2cc(C(=O)N3CCN(c4ccc([N+](=O)[O-])cc4)CC3)ccc21. The number of piperazine rings is 1. The van der Waals surface area contributed by atoms with Crippen LogP contribution in [0.5, 0.6) is 0 Å². The van der Waals surface area contributed by atoms with E-state index < -0.39 is 14.8 Å². The number of nitro benzene ring substituents is 1. The lowest BCUT2D eigenvalue weighted by molar-refractivity contribution is -0.384. The summed E-state index contributed by atoms with van der Waals surface area (Å²) in [7, 11) is -3.92. The Bertz CT molecular complexity index is 1440. The number of ketones is 1. The van der Waals surface area contributed by atoms with Crippen LogP contribution in [0.15, 0.2) is 76.5 Å². The number of nitro groups is 1. The van der Waals surface area contributed by atoms with Gasteiger partial charge in [0.2, 0.25) is 9.84 Å². The molecule has 1 saturated heterocycles. The Morgan fingerprint density at radius 3 is 2.18 bits per heavy atom. The number of carbonyl (C=O) groups is 2. The average molecular weight is 477 g/mol. The molecule has 1 fully saturated rings. The molecule has 0 saturated carbocycles. The molecule has 10 heteroatoms. The van der Waals surface area contributed by atoms with Crippen molar-refractivity contribution in [2.24, 2.45) is 0 Å². The summed E-state index contributed by atoms with van der Waals surface area (Å²) in [6.45, 7) is 1.86. The maximum Gasteiger partial charge on any atom is 0.269 e. The second-order valence-corrected chi connectivity index (χ2v) is 9.98. The van der Waals surface area contributed by atoms with Crippen molar-refractivity contribution in [3.63, 3.8) is 0 Å². The van der Waals surface area contributed by atoms with Gasteiger partial charge in [0.05, 0.1) is 14.7 Å². The summed E-state index contributed by atoms with van der Waals surface area (Å²) < 4.78 is 26.3. The summed E-state index contributed by atoms with van der Waals surface area (Å²) in [6, 6.07) is 16.5. The largest absolute Gasteiger partial charge is 0.368 e. The molecule has 172 valence electrons. The van der Waals surface area contributed by atoms with E-state index in [4.69, 9.17) is 0 Å². The molecule has 0 bridgehead atoms. The van der Waals surface area contributed by atoms with Crippen molar-refractivity contribution in [1.29, 1.82) is 0 Å². The highest BCUT2D eigenvalue weighted by Crippen LogP contribution is 2.35. The zero-order valence-corrected chi connectivity index (χ0v) is 18.7. The van der Waals surface area contributed by atoms with Gasteiger partial charge in [-0.1, -0.05) is 12.1 Å². The zero-order valence-electron chi connectivity index (χ0n) is 17.9. The number of anilines is 1. The number of rotatable bonds is 3. The number of sulfone groups is 1. The van der Waals surface area contributed by atoms with E-state index in [1.807, 2.05) is 4.90 Å². The predicted octanol–water partition coefficient (Wildman–Crippen LogP) is 2.93. The van der Waals surface area contributed by atoms with Gasteiger partial charge in [0.15, 0.2) is 5.78 Å². The van der Waals surface area contributed by atoms with Crippen molar-refractivity contribution in [1.82, 2.24) is 4.90 Å². The van der Waals surface area contributed by atoms with Crippen LogP contribution in [0.1, 0.15) is 26.3 Å². The fourth-order valence-electron chi connectivity index (χ4n) is 4.35. The number of hydrogen-bond donors (Lipinski definition) is 0. The van der Waals surface area contributed by atoms with Gasteiger partial charge >= 0.3 is 0 Å². The van der Waals surface area contributed by atoms with Crippen LogP contribution in [0.3, 0.4) is 0 Å². The minimum Gasteiger partial charge on any atom is -0.368 e. The molecule has 0 radical (unpaired) electrons. The van der Waals surface area contributed by atoms with Crippen LogP contribution >= 0.6 is 0 Å². The number of nitrogens with zero attached hydrogens (tertiary/aromatic N) is 3. The number of hydrogen-bond acceptors (Lipinski definition) is 7. The molecule has 2 aliphatic rings. The molecule has 3 aromatic rings. The van der Waals surface area contributed by atoms with Gasteiger partial charge in [0.1, 0.15) is 0 Å². The molecule has 0 N–H and O–H groups in total. The lowest BCUT2D eigenvalue weighted by atomic mass is 10.0. The number of benzene rings is 3. The number of fused-ring (bicyclic) bond motifs is 2. The molecule has 0 unspecified atom stereocenters. The predicted molar refractivity (Wildman–Crippen MR) is 123 cm³/mol. The van der Waals surface area contributed by atoms with Gasteiger partial charge in [0, 0.05) is 60.7 Å². The molecule has 0 spiro atoms. The van der Waals surface area contributed by atoms with Crippen LogP contribution < -0.4 is 4.90 Å². The first kappa shape index (κ1) is 21.8. The molecule has 3 aromatic carbocycles. The van der Waals surface area contributed by atoms with Crippen LogP contribution in [-0.2, 0) is 9.84 Å². The first-order valence-electron chi connectivity index (χ1n) is 10.6. The van der Waals surface area contributed by atoms with E-state index in [9.17, 15) is 28.1 Å². The second kappa shape index (κ2) is 8.07. The van der Waals surface area contributed by atoms with Gasteiger partial charge in [-0.05, 0) is 42.5 Å².